The molecule has 7 heteroatoms. The third-order valence-corrected chi connectivity index (χ3v) is 1.77. The minimum Gasteiger partial charge on any atom is -0.493 e. The fourth-order valence-electron chi connectivity index (χ4n) is 1.00. The molecule has 2 heterocycles. The average Bonchev–Trinajstić information content (AvgIpc) is 2.38. The van der Waals surface area contributed by atoms with Crippen LogP contribution in [0.1, 0.15) is 5.56 Å². The fourth-order valence-corrected chi connectivity index (χ4v) is 1.00. The quantitative estimate of drug-likeness (QED) is 0.683. The van der Waals surface area contributed by atoms with Gasteiger partial charge in [0.05, 0.1) is 12.4 Å². The number of nitrogens with one attached hydrogen (secondary N) is 1. The number of aromatic hydroxyl groups is 1. The molecule has 0 bridgehead atoms. The van der Waals surface area contributed by atoms with Crippen LogP contribution in [0.4, 0.5) is 0 Å². The van der Waals surface area contributed by atoms with Gasteiger partial charge in [-0.05, 0) is 17.7 Å². The zero-order valence-corrected chi connectivity index (χ0v) is 9.72. The van der Waals surface area contributed by atoms with Crippen molar-refractivity contribution in [2.24, 2.45) is 0 Å². The van der Waals surface area contributed by atoms with Crippen LogP contribution in [0.2, 0.25) is 0 Å². The van der Waals surface area contributed by atoms with E-state index >= 15 is 0 Å². The van der Waals surface area contributed by atoms with E-state index in [9.17, 15) is 9.59 Å². The summed E-state index contributed by atoms with van der Waals surface area (Å²) in [6.45, 7) is 0. The van der Waals surface area contributed by atoms with Crippen molar-refractivity contribution in [3.63, 3.8) is 0 Å². The first-order chi connectivity index (χ1) is 9.08. The SMILES string of the molecule is O=C(O)C=Cc1cccnc1.O=c1cc(O)nc[nH]1. The van der Waals surface area contributed by atoms with Gasteiger partial charge in [-0.1, -0.05) is 6.07 Å². The molecule has 19 heavy (non-hydrogen) atoms. The van der Waals surface area contributed by atoms with E-state index in [-0.39, 0.29) is 11.4 Å². The van der Waals surface area contributed by atoms with Gasteiger partial charge in [-0.15, -0.1) is 0 Å². The molecule has 0 aliphatic heterocycles. The smallest absolute Gasteiger partial charge is 0.328 e. The summed E-state index contributed by atoms with van der Waals surface area (Å²) in [5, 5.41) is 16.7. The molecule has 0 saturated carbocycles. The lowest BCUT2D eigenvalue weighted by Gasteiger charge is -1.87. The highest BCUT2D eigenvalue weighted by Crippen LogP contribution is 1.97. The average molecular weight is 261 g/mol. The maximum absolute atomic E-state index is 10.2. The van der Waals surface area contributed by atoms with Crippen LogP contribution in [0.5, 0.6) is 5.88 Å². The molecule has 7 nitrogen and oxygen atoms in total. The maximum Gasteiger partial charge on any atom is 0.328 e. The molecular weight excluding hydrogens is 250 g/mol. The van der Waals surface area contributed by atoms with Gasteiger partial charge in [-0.25, -0.2) is 9.78 Å². The summed E-state index contributed by atoms with van der Waals surface area (Å²) in [5.74, 6) is -1.21. The topological polar surface area (TPSA) is 116 Å². The zero-order chi connectivity index (χ0) is 14.1. The van der Waals surface area contributed by atoms with Crippen molar-refractivity contribution < 1.29 is 15.0 Å². The molecule has 2 aromatic rings. The largest absolute Gasteiger partial charge is 0.493 e. The van der Waals surface area contributed by atoms with Gasteiger partial charge >= 0.3 is 5.97 Å². The van der Waals surface area contributed by atoms with Gasteiger partial charge in [-0.2, -0.15) is 0 Å². The molecule has 0 aliphatic carbocycles. The molecule has 3 N–H and O–H groups in total. The molecular formula is C12H11N3O4. The second-order valence-corrected chi connectivity index (χ2v) is 3.23. The summed E-state index contributed by atoms with van der Waals surface area (Å²) in [6.07, 6.45) is 6.95. The molecule has 0 unspecified atom stereocenters. The first kappa shape index (κ1) is 14.1. The highest BCUT2D eigenvalue weighted by Gasteiger charge is 1.86. The molecule has 2 rings (SSSR count). The fraction of sp³-hybridized carbons (Fsp3) is 0. The van der Waals surface area contributed by atoms with Gasteiger partial charge in [0.15, 0.2) is 0 Å². The predicted octanol–water partition coefficient (Wildman–Crippen LogP) is 0.655. The number of pyridine rings is 1. The molecule has 0 atom stereocenters. The van der Waals surface area contributed by atoms with E-state index in [0.29, 0.717) is 0 Å². The number of aromatic amines is 1. The Kier molecular flexibility index (Phi) is 5.48. The van der Waals surface area contributed by atoms with Crippen molar-refractivity contribution >= 4 is 12.0 Å². The first-order valence-corrected chi connectivity index (χ1v) is 5.12. The first-order valence-electron chi connectivity index (χ1n) is 5.12. The van der Waals surface area contributed by atoms with Crippen molar-refractivity contribution in [1.29, 1.82) is 0 Å². The Morgan fingerprint density at radius 2 is 2.21 bits per heavy atom. The second-order valence-electron chi connectivity index (χ2n) is 3.23. The Hall–Kier alpha value is -2.96. The molecule has 0 saturated heterocycles. The van der Waals surface area contributed by atoms with E-state index in [1.807, 2.05) is 0 Å². The third kappa shape index (κ3) is 6.37. The number of carboxylic acids is 1. The van der Waals surface area contributed by atoms with E-state index < -0.39 is 5.97 Å². The lowest BCUT2D eigenvalue weighted by atomic mass is 10.3. The second kappa shape index (κ2) is 7.38. The lowest BCUT2D eigenvalue weighted by Crippen LogP contribution is -2.01. The molecule has 98 valence electrons. The summed E-state index contributed by atoms with van der Waals surface area (Å²) in [6, 6.07) is 4.54. The highest BCUT2D eigenvalue weighted by atomic mass is 16.4. The van der Waals surface area contributed by atoms with Crippen LogP contribution < -0.4 is 5.56 Å². The van der Waals surface area contributed by atoms with Gasteiger partial charge in [0.25, 0.3) is 5.56 Å². The van der Waals surface area contributed by atoms with Crippen LogP contribution in [0.3, 0.4) is 0 Å². The summed E-state index contributed by atoms with van der Waals surface area (Å²) in [7, 11) is 0. The summed E-state index contributed by atoms with van der Waals surface area (Å²) in [4.78, 5) is 29.7. The lowest BCUT2D eigenvalue weighted by molar-refractivity contribution is -0.131. The molecule has 0 aliphatic rings. The Balaban J connectivity index is 0.000000200. The van der Waals surface area contributed by atoms with Crippen LogP contribution in [0, 0.1) is 0 Å². The van der Waals surface area contributed by atoms with Crippen molar-refractivity contribution in [3.05, 3.63) is 58.9 Å². The highest BCUT2D eigenvalue weighted by molar-refractivity contribution is 5.85. The summed E-state index contributed by atoms with van der Waals surface area (Å²) in [5.41, 5.74) is 0.437. The monoisotopic (exact) mass is 261 g/mol. The molecule has 0 aromatic carbocycles. The number of rotatable bonds is 2. The number of hydrogen-bond acceptors (Lipinski definition) is 5. The van der Waals surface area contributed by atoms with E-state index in [0.717, 1.165) is 24.0 Å². The van der Waals surface area contributed by atoms with Crippen LogP contribution in [-0.2, 0) is 4.79 Å². The molecule has 2 aromatic heterocycles. The number of nitrogens with zero attached hydrogens (tertiary/aromatic N) is 2. The van der Waals surface area contributed by atoms with Gasteiger partial charge in [0, 0.05) is 18.5 Å². The Labute approximate surface area is 107 Å². The van der Waals surface area contributed by atoms with Gasteiger partial charge in [0.2, 0.25) is 5.88 Å². The Bertz CT molecular complexity index is 608. The molecule has 0 spiro atoms. The van der Waals surface area contributed by atoms with Gasteiger partial charge in [0.1, 0.15) is 0 Å². The van der Waals surface area contributed by atoms with Crippen LogP contribution in [0.25, 0.3) is 6.08 Å². The number of carbonyl (C=O) groups is 1. The number of aromatic nitrogens is 3. The normalized spacial score (nSPS) is 9.68. The number of aliphatic carboxylic acids is 1. The van der Waals surface area contributed by atoms with E-state index in [2.05, 4.69) is 15.0 Å². The van der Waals surface area contributed by atoms with Crippen molar-refractivity contribution in [2.45, 2.75) is 0 Å². The Morgan fingerprint density at radius 3 is 2.68 bits per heavy atom. The van der Waals surface area contributed by atoms with Crippen molar-refractivity contribution in [2.75, 3.05) is 0 Å². The maximum atomic E-state index is 10.2. The van der Waals surface area contributed by atoms with E-state index in [1.165, 1.54) is 6.08 Å². The number of carboxylic acid groups (broad SMARTS) is 1. The van der Waals surface area contributed by atoms with Crippen molar-refractivity contribution in [1.82, 2.24) is 15.0 Å². The van der Waals surface area contributed by atoms with E-state index in [4.69, 9.17) is 10.2 Å². The minimum atomic E-state index is -0.950. The van der Waals surface area contributed by atoms with Crippen LogP contribution in [0.15, 0.2) is 47.8 Å². The minimum absolute atomic E-state index is 0.256. The molecule has 0 radical (unpaired) electrons. The summed E-state index contributed by atoms with van der Waals surface area (Å²) < 4.78 is 0. The standard InChI is InChI=1S/C8H7NO2.C4H4N2O2/c10-8(11)4-3-7-2-1-5-9-6-7;7-3-1-4(8)6-2-5-3/h1-6H,(H,10,11);1-2H,(H2,5,6,7,8). The Morgan fingerprint density at radius 1 is 1.42 bits per heavy atom. The number of H-pyrrole nitrogens is 1. The van der Waals surface area contributed by atoms with Crippen LogP contribution in [-0.4, -0.2) is 31.1 Å². The van der Waals surface area contributed by atoms with Gasteiger partial charge < -0.3 is 15.2 Å². The number of hydrogen-bond donors (Lipinski definition) is 3. The molecule has 0 fully saturated rings. The zero-order valence-electron chi connectivity index (χ0n) is 9.72. The molecule has 0 amide bonds. The third-order valence-electron chi connectivity index (χ3n) is 1.77. The predicted molar refractivity (Wildman–Crippen MR) is 67.4 cm³/mol. The van der Waals surface area contributed by atoms with Crippen molar-refractivity contribution in [3.8, 4) is 5.88 Å². The van der Waals surface area contributed by atoms with Crippen LogP contribution >= 0.6 is 0 Å². The van der Waals surface area contributed by atoms with Gasteiger partial charge in [-0.3, -0.25) is 9.78 Å². The summed E-state index contributed by atoms with van der Waals surface area (Å²) >= 11 is 0. The van der Waals surface area contributed by atoms with E-state index in [1.54, 1.807) is 24.5 Å².